The fourth-order valence-corrected chi connectivity index (χ4v) is 2.52. The lowest BCUT2D eigenvalue weighted by molar-refractivity contribution is -0.0429. The maximum absolute atomic E-state index is 12.6. The molecule has 25 heavy (non-hydrogen) atoms. The summed E-state index contributed by atoms with van der Waals surface area (Å²) in [7, 11) is -5.55. The number of nitrogens with zero attached hydrogens (tertiary/aromatic N) is 1. The van der Waals surface area contributed by atoms with Crippen LogP contribution in [0, 0.1) is 5.92 Å². The van der Waals surface area contributed by atoms with Crippen LogP contribution >= 0.6 is 11.6 Å². The van der Waals surface area contributed by atoms with Crippen LogP contribution in [0.25, 0.3) is 0 Å². The van der Waals surface area contributed by atoms with Gasteiger partial charge in [0.05, 0.1) is 11.4 Å². The highest BCUT2D eigenvalue weighted by Gasteiger charge is 2.46. The van der Waals surface area contributed by atoms with Crippen molar-refractivity contribution in [1.82, 2.24) is 0 Å². The Kier molecular flexibility index (Phi) is 7.55. The molecule has 142 valence electrons. The molecular formula is C15H20ClF3N2O3S. The molecule has 0 spiro atoms. The highest BCUT2D eigenvalue weighted by atomic mass is 35.5. The third-order valence-electron chi connectivity index (χ3n) is 3.14. The van der Waals surface area contributed by atoms with Crippen LogP contribution in [0.1, 0.15) is 39.2 Å². The van der Waals surface area contributed by atoms with Crippen molar-refractivity contribution in [3.05, 3.63) is 28.8 Å². The highest BCUT2D eigenvalue weighted by Crippen LogP contribution is 2.29. The molecule has 0 amide bonds. The fourth-order valence-electron chi connectivity index (χ4n) is 1.76. The van der Waals surface area contributed by atoms with Crippen LogP contribution in [-0.4, -0.2) is 26.2 Å². The number of alkyl halides is 3. The van der Waals surface area contributed by atoms with E-state index in [4.69, 9.17) is 16.4 Å². The molecule has 0 aliphatic heterocycles. The lowest BCUT2D eigenvalue weighted by Gasteiger charge is -2.15. The summed E-state index contributed by atoms with van der Waals surface area (Å²) >= 11 is 5.89. The van der Waals surface area contributed by atoms with E-state index in [9.17, 15) is 21.6 Å². The zero-order valence-corrected chi connectivity index (χ0v) is 15.6. The van der Waals surface area contributed by atoms with E-state index in [-0.39, 0.29) is 22.0 Å². The molecule has 5 nitrogen and oxygen atoms in total. The Morgan fingerprint density at radius 2 is 2.00 bits per heavy atom. The van der Waals surface area contributed by atoms with Crippen molar-refractivity contribution in [2.45, 2.75) is 39.1 Å². The molecule has 0 heterocycles. The molecule has 1 aromatic rings. The van der Waals surface area contributed by atoms with Crippen molar-refractivity contribution in [2.24, 2.45) is 11.1 Å². The highest BCUT2D eigenvalue weighted by molar-refractivity contribution is 7.93. The van der Waals surface area contributed by atoms with Crippen molar-refractivity contribution in [1.29, 1.82) is 0 Å². The van der Waals surface area contributed by atoms with Crippen LogP contribution in [-0.2, 0) is 14.9 Å². The molecule has 0 aliphatic rings. The van der Waals surface area contributed by atoms with Gasteiger partial charge in [0.15, 0.2) is 0 Å². The van der Waals surface area contributed by atoms with E-state index in [2.05, 4.69) is 5.16 Å². The number of benzene rings is 1. The summed E-state index contributed by atoms with van der Waals surface area (Å²) in [4.78, 5) is 5.19. The van der Waals surface area contributed by atoms with Crippen LogP contribution < -0.4 is 4.72 Å². The first-order valence-electron chi connectivity index (χ1n) is 7.55. The van der Waals surface area contributed by atoms with Gasteiger partial charge in [0.1, 0.15) is 6.61 Å². The first-order chi connectivity index (χ1) is 11.5. The molecule has 0 saturated heterocycles. The van der Waals surface area contributed by atoms with Crippen molar-refractivity contribution in [3.63, 3.8) is 0 Å². The number of halogens is 4. The third-order valence-corrected chi connectivity index (χ3v) is 4.47. The van der Waals surface area contributed by atoms with E-state index in [1.807, 2.05) is 13.8 Å². The molecule has 1 N–H and O–H groups in total. The molecule has 0 radical (unpaired) electrons. The number of sulfonamides is 1. The normalized spacial score (nSPS) is 13.2. The summed E-state index contributed by atoms with van der Waals surface area (Å²) in [5.74, 6) is 0.403. The summed E-state index contributed by atoms with van der Waals surface area (Å²) in [6.45, 7) is 6.07. The maximum atomic E-state index is 12.6. The zero-order chi connectivity index (χ0) is 19.3. The number of nitrogens with one attached hydrogen (secondary N) is 1. The monoisotopic (exact) mass is 400 g/mol. The average Bonchev–Trinajstić information content (AvgIpc) is 2.48. The lowest BCUT2D eigenvalue weighted by Crippen LogP contribution is -2.30. The van der Waals surface area contributed by atoms with Crippen molar-refractivity contribution in [2.75, 3.05) is 11.3 Å². The van der Waals surface area contributed by atoms with E-state index in [0.717, 1.165) is 12.5 Å². The molecule has 0 atom stereocenters. The molecule has 0 fully saturated rings. The smallest absolute Gasteiger partial charge is 0.396 e. The first-order valence-corrected chi connectivity index (χ1v) is 9.42. The van der Waals surface area contributed by atoms with Crippen LogP contribution in [0.2, 0.25) is 5.02 Å². The van der Waals surface area contributed by atoms with Gasteiger partial charge in [0.2, 0.25) is 0 Å². The molecule has 0 aromatic heterocycles. The second-order valence-electron chi connectivity index (χ2n) is 5.65. The largest absolute Gasteiger partial charge is 0.516 e. The molecule has 0 saturated carbocycles. The van der Waals surface area contributed by atoms with E-state index >= 15 is 0 Å². The minimum atomic E-state index is -5.55. The minimum Gasteiger partial charge on any atom is -0.396 e. The second-order valence-corrected chi connectivity index (χ2v) is 7.76. The Morgan fingerprint density at radius 3 is 2.52 bits per heavy atom. The summed E-state index contributed by atoms with van der Waals surface area (Å²) < 4.78 is 62.1. The van der Waals surface area contributed by atoms with Gasteiger partial charge in [-0.15, -0.1) is 0 Å². The van der Waals surface area contributed by atoms with Gasteiger partial charge < -0.3 is 4.84 Å². The number of rotatable bonds is 8. The van der Waals surface area contributed by atoms with Crippen molar-refractivity contribution >= 4 is 33.0 Å². The predicted octanol–water partition coefficient (Wildman–Crippen LogP) is 4.78. The van der Waals surface area contributed by atoms with Crippen LogP contribution in [0.3, 0.4) is 0 Å². The summed E-state index contributed by atoms with van der Waals surface area (Å²) in [5.41, 5.74) is -5.28. The zero-order valence-electron chi connectivity index (χ0n) is 14.0. The van der Waals surface area contributed by atoms with Gasteiger partial charge in [-0.3, -0.25) is 4.72 Å². The molecule has 0 unspecified atom stereocenters. The summed E-state index contributed by atoms with van der Waals surface area (Å²) in [5, 5.41) is 4.15. The Labute approximate surface area is 150 Å². The Bertz CT molecular complexity index is 719. The number of hydrogen-bond donors (Lipinski definition) is 1. The Hall–Kier alpha value is -1.48. The lowest BCUT2D eigenvalue weighted by atomic mass is 10.1. The van der Waals surface area contributed by atoms with E-state index in [1.54, 1.807) is 6.92 Å². The number of anilines is 1. The van der Waals surface area contributed by atoms with E-state index in [0.29, 0.717) is 18.9 Å². The summed E-state index contributed by atoms with van der Waals surface area (Å²) in [6, 6.07) is 3.77. The average molecular weight is 401 g/mol. The Balaban J connectivity index is 3.16. The molecule has 0 aliphatic carbocycles. The van der Waals surface area contributed by atoms with Crippen LogP contribution in [0.4, 0.5) is 18.9 Å². The third kappa shape index (κ3) is 6.39. The van der Waals surface area contributed by atoms with Gasteiger partial charge in [0, 0.05) is 10.6 Å². The van der Waals surface area contributed by atoms with Gasteiger partial charge in [0.25, 0.3) is 0 Å². The van der Waals surface area contributed by atoms with E-state index < -0.39 is 15.5 Å². The number of oxime groups is 1. The summed E-state index contributed by atoms with van der Waals surface area (Å²) in [6.07, 6.45) is 1.06. The van der Waals surface area contributed by atoms with Gasteiger partial charge in [-0.25, -0.2) is 0 Å². The Morgan fingerprint density at radius 1 is 1.36 bits per heavy atom. The minimum absolute atomic E-state index is 0.132. The molecule has 10 heteroatoms. The van der Waals surface area contributed by atoms with Crippen LogP contribution in [0.5, 0.6) is 0 Å². The molecular weight excluding hydrogens is 381 g/mol. The standard InChI is InChI=1S/C15H20ClF3N2O3S/c1-4-13(20-24-8-7-10(2)3)12-9-11(16)5-6-14(12)21-25(22,23)15(17,18)19/h5-6,9-10,21H,4,7-8H2,1-3H3/b20-13+. The molecule has 1 rings (SSSR count). The van der Waals surface area contributed by atoms with Crippen molar-refractivity contribution in [3.8, 4) is 0 Å². The predicted molar refractivity (Wildman–Crippen MR) is 92.3 cm³/mol. The molecule has 1 aromatic carbocycles. The SMILES string of the molecule is CC/C(=N\OCCC(C)C)c1cc(Cl)ccc1NS(=O)(=O)C(F)(F)F. The van der Waals surface area contributed by atoms with Gasteiger partial charge in [-0.2, -0.15) is 21.6 Å². The van der Waals surface area contributed by atoms with Gasteiger partial charge in [-0.05, 0) is 37.0 Å². The van der Waals surface area contributed by atoms with Crippen LogP contribution in [0.15, 0.2) is 23.4 Å². The topological polar surface area (TPSA) is 67.8 Å². The number of hydrogen-bond acceptors (Lipinski definition) is 4. The van der Waals surface area contributed by atoms with E-state index in [1.165, 1.54) is 16.9 Å². The maximum Gasteiger partial charge on any atom is 0.516 e. The molecule has 0 bridgehead atoms. The van der Waals surface area contributed by atoms with Crippen molar-refractivity contribution < 1.29 is 26.4 Å². The fraction of sp³-hybridized carbons (Fsp3) is 0.533. The van der Waals surface area contributed by atoms with Gasteiger partial charge in [-0.1, -0.05) is 37.5 Å². The quantitative estimate of drug-likeness (QED) is 0.388. The first kappa shape index (κ1) is 21.6. The second kappa shape index (κ2) is 8.75. The van der Waals surface area contributed by atoms with Gasteiger partial charge >= 0.3 is 15.5 Å².